The highest BCUT2D eigenvalue weighted by atomic mass is 16.3. The monoisotopic (exact) mass is 254 g/mol. The molecule has 3 N–H and O–H groups in total. The Bertz CT molecular complexity index is 314. The summed E-state index contributed by atoms with van der Waals surface area (Å²) in [6.07, 6.45) is 6.64. The molecule has 2 atom stereocenters. The van der Waals surface area contributed by atoms with Gasteiger partial charge < -0.3 is 15.3 Å². The van der Waals surface area contributed by atoms with Crippen LogP contribution in [-0.4, -0.2) is 33.6 Å². The quantitative estimate of drug-likeness (QED) is 0.583. The van der Waals surface area contributed by atoms with Crippen molar-refractivity contribution in [3.63, 3.8) is 0 Å². The number of hydrogen-bond donors (Lipinski definition) is 3. The first-order valence-corrected chi connectivity index (χ1v) is 6.29. The normalized spacial score (nSPS) is 18.3. The van der Waals surface area contributed by atoms with Gasteiger partial charge in [0, 0.05) is 0 Å². The van der Waals surface area contributed by atoms with Gasteiger partial charge in [0.05, 0.1) is 12.7 Å². The molecule has 0 aromatic rings. The van der Waals surface area contributed by atoms with Crippen LogP contribution in [0.25, 0.3) is 0 Å². The fraction of sp³-hybridized carbons (Fsp3) is 0.600. The highest BCUT2D eigenvalue weighted by Crippen LogP contribution is 2.16. The van der Waals surface area contributed by atoms with Crippen molar-refractivity contribution in [3.05, 3.63) is 36.0 Å². The highest BCUT2D eigenvalue weighted by Gasteiger charge is 2.25. The van der Waals surface area contributed by atoms with E-state index in [1.54, 1.807) is 6.92 Å². The Morgan fingerprint density at radius 3 is 2.39 bits per heavy atom. The maximum atomic E-state index is 9.77. The first-order chi connectivity index (χ1) is 8.33. The topological polar surface area (TPSA) is 60.7 Å². The Kier molecular flexibility index (Phi) is 7.83. The van der Waals surface area contributed by atoms with Gasteiger partial charge in [-0.15, -0.1) is 6.58 Å². The van der Waals surface area contributed by atoms with Crippen molar-refractivity contribution >= 4 is 0 Å². The second-order valence-corrected chi connectivity index (χ2v) is 4.98. The molecule has 0 saturated carbocycles. The summed E-state index contributed by atoms with van der Waals surface area (Å²) in [5.41, 5.74) is 0.887. The molecule has 0 unspecified atom stereocenters. The molecule has 3 heteroatoms. The summed E-state index contributed by atoms with van der Waals surface area (Å²) in [7, 11) is 0. The smallest absolute Gasteiger partial charge is 0.106 e. The van der Waals surface area contributed by atoms with Crippen molar-refractivity contribution in [1.82, 2.24) is 0 Å². The maximum absolute atomic E-state index is 9.77. The second-order valence-electron chi connectivity index (χ2n) is 4.98. The molecule has 0 saturated heterocycles. The third-order valence-electron chi connectivity index (χ3n) is 3.06. The third kappa shape index (κ3) is 6.74. The molecular weight excluding hydrogens is 228 g/mol. The van der Waals surface area contributed by atoms with E-state index >= 15 is 0 Å². The summed E-state index contributed by atoms with van der Waals surface area (Å²) in [5, 5.41) is 28.4. The molecule has 0 fully saturated rings. The van der Waals surface area contributed by atoms with E-state index in [0.717, 1.165) is 24.0 Å². The maximum Gasteiger partial charge on any atom is 0.106 e. The molecular formula is C15H26O3. The van der Waals surface area contributed by atoms with Crippen LogP contribution >= 0.6 is 0 Å². The molecule has 0 radical (unpaired) electrons. The Balaban J connectivity index is 4.16. The molecule has 0 heterocycles. The van der Waals surface area contributed by atoms with E-state index < -0.39 is 11.7 Å². The van der Waals surface area contributed by atoms with E-state index in [-0.39, 0.29) is 6.61 Å². The predicted octanol–water partition coefficient (Wildman–Crippen LogP) is 2.34. The zero-order chi connectivity index (χ0) is 14.2. The fourth-order valence-electron chi connectivity index (χ4n) is 1.40. The lowest BCUT2D eigenvalue weighted by Crippen LogP contribution is -2.36. The molecule has 0 amide bonds. The predicted molar refractivity (Wildman–Crippen MR) is 75.3 cm³/mol. The van der Waals surface area contributed by atoms with Crippen LogP contribution in [0.3, 0.4) is 0 Å². The van der Waals surface area contributed by atoms with E-state index in [1.807, 2.05) is 26.0 Å². The van der Waals surface area contributed by atoms with E-state index in [1.165, 1.54) is 6.08 Å². The lowest BCUT2D eigenvalue weighted by Gasteiger charge is -2.24. The lowest BCUT2D eigenvalue weighted by molar-refractivity contribution is -0.0237. The number of hydrogen-bond acceptors (Lipinski definition) is 3. The first kappa shape index (κ1) is 17.1. The van der Waals surface area contributed by atoms with Gasteiger partial charge in [-0.3, -0.25) is 0 Å². The fourth-order valence-corrected chi connectivity index (χ4v) is 1.40. The molecule has 0 rings (SSSR count). The molecule has 0 spiro atoms. The van der Waals surface area contributed by atoms with Crippen LogP contribution in [0.1, 0.15) is 40.0 Å². The van der Waals surface area contributed by atoms with Gasteiger partial charge in [-0.05, 0) is 40.0 Å². The highest BCUT2D eigenvalue weighted by molar-refractivity contribution is 5.06. The third-order valence-corrected chi connectivity index (χ3v) is 3.06. The summed E-state index contributed by atoms with van der Waals surface area (Å²) < 4.78 is 0. The van der Waals surface area contributed by atoms with Crippen LogP contribution in [0.4, 0.5) is 0 Å². The van der Waals surface area contributed by atoms with E-state index in [4.69, 9.17) is 5.11 Å². The minimum Gasteiger partial charge on any atom is -0.392 e. The summed E-state index contributed by atoms with van der Waals surface area (Å²) in [6, 6.07) is 0. The summed E-state index contributed by atoms with van der Waals surface area (Å²) in [5.74, 6) is 0. The zero-order valence-electron chi connectivity index (χ0n) is 11.7. The van der Waals surface area contributed by atoms with Crippen molar-refractivity contribution in [1.29, 1.82) is 0 Å². The molecule has 0 aliphatic heterocycles. The number of aliphatic hydroxyl groups is 3. The minimum absolute atomic E-state index is 0.101. The van der Waals surface area contributed by atoms with Crippen LogP contribution in [0.5, 0.6) is 0 Å². The largest absolute Gasteiger partial charge is 0.392 e. The lowest BCUT2D eigenvalue weighted by atomic mass is 9.95. The molecule has 0 aliphatic carbocycles. The van der Waals surface area contributed by atoms with Gasteiger partial charge >= 0.3 is 0 Å². The summed E-state index contributed by atoms with van der Waals surface area (Å²) >= 11 is 0. The van der Waals surface area contributed by atoms with E-state index in [2.05, 4.69) is 6.58 Å². The molecule has 0 bridgehead atoms. The van der Waals surface area contributed by atoms with Crippen LogP contribution in [0.2, 0.25) is 0 Å². The average Bonchev–Trinajstić information content (AvgIpc) is 2.35. The van der Waals surface area contributed by atoms with Gasteiger partial charge in [-0.25, -0.2) is 0 Å². The van der Waals surface area contributed by atoms with Gasteiger partial charge in [0.2, 0.25) is 0 Å². The van der Waals surface area contributed by atoms with Crippen LogP contribution in [-0.2, 0) is 0 Å². The Morgan fingerprint density at radius 1 is 1.28 bits per heavy atom. The van der Waals surface area contributed by atoms with Crippen molar-refractivity contribution in [2.24, 2.45) is 0 Å². The Labute approximate surface area is 110 Å². The average molecular weight is 254 g/mol. The SMILES string of the molecule is C=C[C@@](C)(O)[C@@H](O)C/C=C(\C)CC/C=C(\C)CO. The summed E-state index contributed by atoms with van der Waals surface area (Å²) in [4.78, 5) is 0. The minimum atomic E-state index is -1.25. The number of aliphatic hydroxyl groups excluding tert-OH is 2. The van der Waals surface area contributed by atoms with E-state index in [0.29, 0.717) is 6.42 Å². The molecule has 18 heavy (non-hydrogen) atoms. The second kappa shape index (κ2) is 8.25. The number of rotatable bonds is 8. The molecule has 0 aromatic carbocycles. The van der Waals surface area contributed by atoms with Crippen molar-refractivity contribution in [2.75, 3.05) is 6.61 Å². The van der Waals surface area contributed by atoms with Gasteiger partial charge in [0.25, 0.3) is 0 Å². The van der Waals surface area contributed by atoms with Gasteiger partial charge in [-0.2, -0.15) is 0 Å². The van der Waals surface area contributed by atoms with Gasteiger partial charge in [-0.1, -0.05) is 29.4 Å². The molecule has 3 nitrogen and oxygen atoms in total. The zero-order valence-corrected chi connectivity index (χ0v) is 11.7. The van der Waals surface area contributed by atoms with Gasteiger partial charge in [0.1, 0.15) is 5.60 Å². The Morgan fingerprint density at radius 2 is 1.89 bits per heavy atom. The molecule has 0 aliphatic rings. The van der Waals surface area contributed by atoms with Gasteiger partial charge in [0.15, 0.2) is 0 Å². The summed E-state index contributed by atoms with van der Waals surface area (Å²) in [6.45, 7) is 9.03. The van der Waals surface area contributed by atoms with Crippen molar-refractivity contribution in [3.8, 4) is 0 Å². The van der Waals surface area contributed by atoms with Crippen molar-refractivity contribution < 1.29 is 15.3 Å². The first-order valence-electron chi connectivity index (χ1n) is 6.29. The standard InChI is InChI=1S/C15H26O3/c1-5-15(4,18)14(17)10-9-12(2)7-6-8-13(3)11-16/h5,8-9,14,16-18H,1,6-7,10-11H2,2-4H3/b12-9+,13-8+/t14-,15+/m0/s1. The van der Waals surface area contributed by atoms with Crippen LogP contribution in [0.15, 0.2) is 36.0 Å². The Hall–Kier alpha value is -0.900. The van der Waals surface area contributed by atoms with Crippen LogP contribution in [0, 0.1) is 0 Å². The van der Waals surface area contributed by atoms with E-state index in [9.17, 15) is 10.2 Å². The van der Waals surface area contributed by atoms with Crippen molar-refractivity contribution in [2.45, 2.75) is 51.7 Å². The number of allylic oxidation sites excluding steroid dienone is 2. The molecule has 0 aromatic heterocycles. The molecule has 104 valence electrons. The van der Waals surface area contributed by atoms with Crippen LogP contribution < -0.4 is 0 Å².